The molecule has 0 saturated carbocycles. The van der Waals surface area contributed by atoms with Gasteiger partial charge in [-0.15, -0.1) is 0 Å². The molecule has 5 nitrogen and oxygen atoms in total. The fourth-order valence-corrected chi connectivity index (χ4v) is 2.43. The molecule has 0 radical (unpaired) electrons. The summed E-state index contributed by atoms with van der Waals surface area (Å²) < 4.78 is 11.0. The van der Waals surface area contributed by atoms with E-state index in [9.17, 15) is 0 Å². The van der Waals surface area contributed by atoms with E-state index in [0.29, 0.717) is 5.82 Å². The van der Waals surface area contributed by atoms with Crippen molar-refractivity contribution in [3.05, 3.63) is 11.7 Å². The van der Waals surface area contributed by atoms with E-state index in [0.717, 1.165) is 38.2 Å². The Balaban J connectivity index is 2.30. The fourth-order valence-electron chi connectivity index (χ4n) is 2.43. The zero-order chi connectivity index (χ0) is 13.2. The molecule has 2 atom stereocenters. The Hall–Kier alpha value is -0.940. The first-order valence-electron chi connectivity index (χ1n) is 6.71. The van der Waals surface area contributed by atoms with Crippen molar-refractivity contribution in [3.8, 4) is 0 Å². The number of nitrogens with one attached hydrogen (secondary N) is 1. The van der Waals surface area contributed by atoms with Crippen LogP contribution in [0, 0.1) is 0 Å². The van der Waals surface area contributed by atoms with Gasteiger partial charge in [-0.1, -0.05) is 19.0 Å². The molecule has 5 heteroatoms. The highest BCUT2D eigenvalue weighted by Crippen LogP contribution is 2.34. The van der Waals surface area contributed by atoms with E-state index >= 15 is 0 Å². The van der Waals surface area contributed by atoms with E-state index in [-0.39, 0.29) is 5.41 Å². The molecule has 0 aromatic carbocycles. The van der Waals surface area contributed by atoms with Gasteiger partial charge in [-0.25, -0.2) is 0 Å². The first-order chi connectivity index (χ1) is 8.60. The molecule has 18 heavy (non-hydrogen) atoms. The Labute approximate surface area is 108 Å². The van der Waals surface area contributed by atoms with Gasteiger partial charge in [0.15, 0.2) is 0 Å². The van der Waals surface area contributed by atoms with Crippen LogP contribution in [0.1, 0.15) is 51.7 Å². The summed E-state index contributed by atoms with van der Waals surface area (Å²) in [5.41, 5.74) is -0.448. The van der Waals surface area contributed by atoms with E-state index < -0.39 is 5.60 Å². The van der Waals surface area contributed by atoms with Gasteiger partial charge in [0.05, 0.1) is 5.41 Å². The molecule has 1 aliphatic rings. The van der Waals surface area contributed by atoms with Gasteiger partial charge in [-0.2, -0.15) is 4.98 Å². The van der Waals surface area contributed by atoms with Crippen molar-refractivity contribution in [3.63, 3.8) is 0 Å². The van der Waals surface area contributed by atoms with Gasteiger partial charge < -0.3 is 14.6 Å². The van der Waals surface area contributed by atoms with Crippen LogP contribution in [0.3, 0.4) is 0 Å². The first kappa shape index (κ1) is 13.5. The predicted molar refractivity (Wildman–Crippen MR) is 68.4 cm³/mol. The molecule has 2 unspecified atom stereocenters. The number of aromatic nitrogens is 2. The fraction of sp³-hybridized carbons (Fsp3) is 0.846. The minimum atomic E-state index is -0.456. The Morgan fingerprint density at radius 2 is 2.28 bits per heavy atom. The van der Waals surface area contributed by atoms with E-state index in [1.54, 1.807) is 7.11 Å². The monoisotopic (exact) mass is 253 g/mol. The Morgan fingerprint density at radius 3 is 2.78 bits per heavy atom. The highest BCUT2D eigenvalue weighted by Gasteiger charge is 2.41. The third-order valence-electron chi connectivity index (χ3n) is 4.40. The van der Waals surface area contributed by atoms with Crippen LogP contribution < -0.4 is 5.32 Å². The summed E-state index contributed by atoms with van der Waals surface area (Å²) in [5, 5.41) is 7.51. The van der Waals surface area contributed by atoms with Crippen LogP contribution in [0.5, 0.6) is 0 Å². The molecule has 2 heterocycles. The van der Waals surface area contributed by atoms with Crippen LogP contribution in [0.25, 0.3) is 0 Å². The molecule has 1 fully saturated rings. The number of rotatable bonds is 5. The zero-order valence-electron chi connectivity index (χ0n) is 11.7. The average molecular weight is 253 g/mol. The molecule has 0 amide bonds. The molecule has 1 aromatic heterocycles. The highest BCUT2D eigenvalue weighted by atomic mass is 16.5. The SMILES string of the molecule is CCC1(c2nc(C(C)(CC)OC)no2)CCNC1. The van der Waals surface area contributed by atoms with Crippen molar-refractivity contribution in [2.45, 2.75) is 51.0 Å². The lowest BCUT2D eigenvalue weighted by Crippen LogP contribution is -2.29. The van der Waals surface area contributed by atoms with Gasteiger partial charge in [-0.05, 0) is 32.7 Å². The van der Waals surface area contributed by atoms with Crippen molar-refractivity contribution in [1.82, 2.24) is 15.5 Å². The number of hydrogen-bond donors (Lipinski definition) is 1. The summed E-state index contributed by atoms with van der Waals surface area (Å²) in [4.78, 5) is 4.61. The lowest BCUT2D eigenvalue weighted by Gasteiger charge is -2.23. The molecule has 1 saturated heterocycles. The van der Waals surface area contributed by atoms with Crippen molar-refractivity contribution in [1.29, 1.82) is 0 Å². The molecule has 2 rings (SSSR count). The molecule has 0 aliphatic carbocycles. The van der Waals surface area contributed by atoms with E-state index in [1.165, 1.54) is 0 Å². The summed E-state index contributed by atoms with van der Waals surface area (Å²) in [7, 11) is 1.69. The second-order valence-corrected chi connectivity index (χ2v) is 5.27. The molecule has 102 valence electrons. The maximum atomic E-state index is 5.51. The second kappa shape index (κ2) is 4.97. The van der Waals surface area contributed by atoms with Crippen LogP contribution >= 0.6 is 0 Å². The molecule has 1 aromatic rings. The van der Waals surface area contributed by atoms with Gasteiger partial charge in [0.25, 0.3) is 0 Å². The van der Waals surface area contributed by atoms with Gasteiger partial charge in [0, 0.05) is 13.7 Å². The van der Waals surface area contributed by atoms with Gasteiger partial charge in [0.2, 0.25) is 11.7 Å². The van der Waals surface area contributed by atoms with Gasteiger partial charge >= 0.3 is 0 Å². The van der Waals surface area contributed by atoms with E-state index in [2.05, 4.69) is 29.3 Å². The number of ether oxygens (including phenoxy) is 1. The van der Waals surface area contributed by atoms with Crippen molar-refractivity contribution >= 4 is 0 Å². The minimum Gasteiger partial charge on any atom is -0.370 e. The van der Waals surface area contributed by atoms with Crippen molar-refractivity contribution in [2.24, 2.45) is 0 Å². The minimum absolute atomic E-state index is 0.00758. The summed E-state index contributed by atoms with van der Waals surface area (Å²) in [6, 6.07) is 0. The Morgan fingerprint density at radius 1 is 1.50 bits per heavy atom. The summed E-state index contributed by atoms with van der Waals surface area (Å²) >= 11 is 0. The van der Waals surface area contributed by atoms with E-state index in [1.807, 2.05) is 6.92 Å². The van der Waals surface area contributed by atoms with Crippen LogP contribution in [0.2, 0.25) is 0 Å². The van der Waals surface area contributed by atoms with Crippen LogP contribution in [0.15, 0.2) is 4.52 Å². The van der Waals surface area contributed by atoms with Crippen molar-refractivity contribution in [2.75, 3.05) is 20.2 Å². The lowest BCUT2D eigenvalue weighted by atomic mass is 9.84. The van der Waals surface area contributed by atoms with Gasteiger partial charge in [0.1, 0.15) is 5.60 Å². The molecule has 0 bridgehead atoms. The average Bonchev–Trinajstić information content (AvgIpc) is 3.06. The molecule has 1 aliphatic heterocycles. The zero-order valence-corrected chi connectivity index (χ0v) is 11.7. The van der Waals surface area contributed by atoms with Crippen LogP contribution in [0.4, 0.5) is 0 Å². The second-order valence-electron chi connectivity index (χ2n) is 5.27. The molecule has 1 N–H and O–H groups in total. The lowest BCUT2D eigenvalue weighted by molar-refractivity contribution is -0.0106. The normalized spacial score (nSPS) is 27.3. The van der Waals surface area contributed by atoms with Crippen LogP contribution in [-0.2, 0) is 15.8 Å². The topological polar surface area (TPSA) is 60.2 Å². The predicted octanol–water partition coefficient (Wildman–Crippen LogP) is 1.98. The quantitative estimate of drug-likeness (QED) is 0.869. The molecule has 0 spiro atoms. The maximum absolute atomic E-state index is 5.51. The molecular formula is C13H23N3O2. The Bertz CT molecular complexity index is 393. The van der Waals surface area contributed by atoms with E-state index in [4.69, 9.17) is 9.26 Å². The maximum Gasteiger partial charge on any atom is 0.234 e. The van der Waals surface area contributed by atoms with Crippen molar-refractivity contribution < 1.29 is 9.26 Å². The largest absolute Gasteiger partial charge is 0.370 e. The first-order valence-corrected chi connectivity index (χ1v) is 6.71. The van der Waals surface area contributed by atoms with Gasteiger partial charge in [-0.3, -0.25) is 0 Å². The standard InChI is InChI=1S/C13H23N3O2/c1-5-12(3,17-4)10-15-11(18-16-10)13(6-2)7-8-14-9-13/h14H,5-9H2,1-4H3. The highest BCUT2D eigenvalue weighted by molar-refractivity contribution is 5.11. The summed E-state index contributed by atoms with van der Waals surface area (Å²) in [6.07, 6.45) is 2.89. The number of hydrogen-bond acceptors (Lipinski definition) is 5. The number of methoxy groups -OCH3 is 1. The summed E-state index contributed by atoms with van der Waals surface area (Å²) in [5.74, 6) is 1.41. The Kier molecular flexibility index (Phi) is 3.73. The third-order valence-corrected chi connectivity index (χ3v) is 4.40. The van der Waals surface area contributed by atoms with Crippen LogP contribution in [-0.4, -0.2) is 30.3 Å². The number of nitrogens with zero attached hydrogens (tertiary/aromatic N) is 2. The smallest absolute Gasteiger partial charge is 0.234 e. The molecular weight excluding hydrogens is 230 g/mol. The third kappa shape index (κ3) is 2.06. The summed E-state index contributed by atoms with van der Waals surface area (Å²) in [6.45, 7) is 8.16.